The standard InChI is InChI=1S/C24H22N2O5S/c1-32(30,31)20-10-7-18(8-11-20)19-9-12-22(21(25)15-19)26-23(27)14-17-4-2-16(3-5-17)6-13-24(28)29/h2-13,15H,14,25H2,1H3,(H,26,27)(H,28,29)/b13-6+. The Morgan fingerprint density at radius 1 is 0.969 bits per heavy atom. The summed E-state index contributed by atoms with van der Waals surface area (Å²) in [5.74, 6) is -1.27. The number of carboxylic acid groups (broad SMARTS) is 1. The van der Waals surface area contributed by atoms with Crippen molar-refractivity contribution in [3.63, 3.8) is 0 Å². The Labute approximate surface area is 186 Å². The van der Waals surface area contributed by atoms with Crippen LogP contribution in [-0.4, -0.2) is 31.7 Å². The number of carboxylic acids is 1. The third-order valence-electron chi connectivity index (χ3n) is 4.70. The lowest BCUT2D eigenvalue weighted by Crippen LogP contribution is -2.15. The number of aliphatic carboxylic acids is 1. The molecule has 4 N–H and O–H groups in total. The molecule has 32 heavy (non-hydrogen) atoms. The lowest BCUT2D eigenvalue weighted by atomic mass is 10.0. The molecule has 0 radical (unpaired) electrons. The van der Waals surface area contributed by atoms with E-state index < -0.39 is 15.8 Å². The van der Waals surface area contributed by atoms with E-state index in [1.165, 1.54) is 6.08 Å². The molecule has 3 rings (SSSR count). The van der Waals surface area contributed by atoms with Gasteiger partial charge in [-0.2, -0.15) is 0 Å². The number of anilines is 2. The van der Waals surface area contributed by atoms with E-state index in [1.807, 2.05) is 0 Å². The van der Waals surface area contributed by atoms with Gasteiger partial charge in [-0.15, -0.1) is 0 Å². The molecule has 0 unspecified atom stereocenters. The van der Waals surface area contributed by atoms with Crippen molar-refractivity contribution in [2.75, 3.05) is 17.3 Å². The van der Waals surface area contributed by atoms with Crippen LogP contribution in [0.15, 0.2) is 77.7 Å². The number of nitrogen functional groups attached to an aromatic ring is 1. The SMILES string of the molecule is CS(=O)(=O)c1ccc(-c2ccc(NC(=O)Cc3ccc(/C=C/C(=O)O)cc3)c(N)c2)cc1. The summed E-state index contributed by atoms with van der Waals surface area (Å²) in [4.78, 5) is 23.2. The van der Waals surface area contributed by atoms with E-state index in [0.717, 1.165) is 34.6 Å². The number of rotatable bonds is 7. The van der Waals surface area contributed by atoms with E-state index in [4.69, 9.17) is 10.8 Å². The van der Waals surface area contributed by atoms with Crippen molar-refractivity contribution in [2.24, 2.45) is 0 Å². The molecule has 8 heteroatoms. The number of hydrogen-bond acceptors (Lipinski definition) is 5. The van der Waals surface area contributed by atoms with Gasteiger partial charge in [0.1, 0.15) is 0 Å². The number of benzene rings is 3. The summed E-state index contributed by atoms with van der Waals surface area (Å²) in [6.45, 7) is 0. The number of sulfone groups is 1. The number of amides is 1. The van der Waals surface area contributed by atoms with Crippen LogP contribution < -0.4 is 11.1 Å². The molecule has 0 fully saturated rings. The van der Waals surface area contributed by atoms with Crippen molar-refractivity contribution >= 4 is 39.2 Å². The summed E-state index contributed by atoms with van der Waals surface area (Å²) in [6.07, 6.45) is 3.82. The first-order valence-electron chi connectivity index (χ1n) is 9.61. The number of nitrogens with one attached hydrogen (secondary N) is 1. The Balaban J connectivity index is 1.66. The van der Waals surface area contributed by atoms with Crippen LogP contribution in [0.1, 0.15) is 11.1 Å². The third-order valence-corrected chi connectivity index (χ3v) is 5.83. The van der Waals surface area contributed by atoms with E-state index in [9.17, 15) is 18.0 Å². The minimum atomic E-state index is -3.26. The van der Waals surface area contributed by atoms with Gasteiger partial charge in [0.15, 0.2) is 9.84 Å². The maximum absolute atomic E-state index is 12.4. The molecule has 0 saturated carbocycles. The van der Waals surface area contributed by atoms with Crippen LogP contribution >= 0.6 is 0 Å². The molecule has 0 heterocycles. The molecule has 0 saturated heterocycles. The highest BCUT2D eigenvalue weighted by molar-refractivity contribution is 7.90. The Kier molecular flexibility index (Phi) is 6.75. The summed E-state index contributed by atoms with van der Waals surface area (Å²) in [7, 11) is -3.26. The molecule has 3 aromatic carbocycles. The summed E-state index contributed by atoms with van der Waals surface area (Å²) in [5.41, 5.74) is 10.1. The second-order valence-electron chi connectivity index (χ2n) is 7.24. The van der Waals surface area contributed by atoms with Gasteiger partial charge in [-0.05, 0) is 52.6 Å². The molecule has 0 spiro atoms. The Morgan fingerprint density at radius 3 is 2.16 bits per heavy atom. The quantitative estimate of drug-likeness (QED) is 0.373. The molecule has 0 aliphatic heterocycles. The summed E-state index contributed by atoms with van der Waals surface area (Å²) < 4.78 is 23.2. The Morgan fingerprint density at radius 2 is 1.59 bits per heavy atom. The molecule has 0 bridgehead atoms. The second-order valence-corrected chi connectivity index (χ2v) is 9.25. The minimum Gasteiger partial charge on any atom is -0.478 e. The molecule has 164 valence electrons. The summed E-state index contributed by atoms with van der Waals surface area (Å²) >= 11 is 0. The van der Waals surface area contributed by atoms with Crippen molar-refractivity contribution in [1.29, 1.82) is 0 Å². The highest BCUT2D eigenvalue weighted by atomic mass is 32.2. The third kappa shape index (κ3) is 6.05. The van der Waals surface area contributed by atoms with Gasteiger partial charge in [-0.1, -0.05) is 42.5 Å². The van der Waals surface area contributed by atoms with Crippen LogP contribution in [0, 0.1) is 0 Å². The maximum Gasteiger partial charge on any atom is 0.328 e. The highest BCUT2D eigenvalue weighted by Crippen LogP contribution is 2.28. The molecule has 7 nitrogen and oxygen atoms in total. The van der Waals surface area contributed by atoms with Crippen LogP contribution in [-0.2, 0) is 25.8 Å². The van der Waals surface area contributed by atoms with E-state index >= 15 is 0 Å². The molecular weight excluding hydrogens is 428 g/mol. The van der Waals surface area contributed by atoms with Gasteiger partial charge in [0.25, 0.3) is 0 Å². The van der Waals surface area contributed by atoms with Gasteiger partial charge in [-0.3, -0.25) is 4.79 Å². The van der Waals surface area contributed by atoms with Crippen molar-refractivity contribution < 1.29 is 23.1 Å². The minimum absolute atomic E-state index is 0.136. The predicted molar refractivity (Wildman–Crippen MR) is 125 cm³/mol. The summed E-state index contributed by atoms with van der Waals surface area (Å²) in [6, 6.07) is 18.7. The van der Waals surface area contributed by atoms with Gasteiger partial charge in [0, 0.05) is 12.3 Å². The van der Waals surface area contributed by atoms with Crippen molar-refractivity contribution in [2.45, 2.75) is 11.3 Å². The smallest absolute Gasteiger partial charge is 0.328 e. The predicted octanol–water partition coefficient (Wildman–Crippen LogP) is 3.62. The van der Waals surface area contributed by atoms with Gasteiger partial charge < -0.3 is 16.2 Å². The fraction of sp³-hybridized carbons (Fsp3) is 0.0833. The lowest BCUT2D eigenvalue weighted by Gasteiger charge is -2.11. The fourth-order valence-electron chi connectivity index (χ4n) is 3.04. The number of carbonyl (C=O) groups is 2. The zero-order chi connectivity index (χ0) is 23.3. The van der Waals surface area contributed by atoms with Crippen molar-refractivity contribution in [1.82, 2.24) is 0 Å². The molecule has 3 aromatic rings. The Bertz CT molecular complexity index is 1280. The van der Waals surface area contributed by atoms with Gasteiger partial charge in [-0.25, -0.2) is 13.2 Å². The Hall–Kier alpha value is -3.91. The van der Waals surface area contributed by atoms with Gasteiger partial charge in [0.05, 0.1) is 22.7 Å². The van der Waals surface area contributed by atoms with E-state index in [1.54, 1.807) is 66.7 Å². The molecular formula is C24H22N2O5S. The van der Waals surface area contributed by atoms with Crippen LogP contribution in [0.3, 0.4) is 0 Å². The first-order chi connectivity index (χ1) is 15.1. The van der Waals surface area contributed by atoms with Crippen LogP contribution in [0.5, 0.6) is 0 Å². The monoisotopic (exact) mass is 450 g/mol. The average molecular weight is 451 g/mol. The van der Waals surface area contributed by atoms with Crippen LogP contribution in [0.2, 0.25) is 0 Å². The highest BCUT2D eigenvalue weighted by Gasteiger charge is 2.10. The molecule has 0 aromatic heterocycles. The number of nitrogens with two attached hydrogens (primary N) is 1. The average Bonchev–Trinajstić information content (AvgIpc) is 2.74. The molecule has 0 aliphatic carbocycles. The molecule has 0 atom stereocenters. The van der Waals surface area contributed by atoms with Crippen LogP contribution in [0.4, 0.5) is 11.4 Å². The first-order valence-corrected chi connectivity index (χ1v) is 11.5. The molecule has 0 aliphatic rings. The van der Waals surface area contributed by atoms with Crippen molar-refractivity contribution in [3.05, 3.63) is 83.9 Å². The first kappa shape index (κ1) is 22.8. The summed E-state index contributed by atoms with van der Waals surface area (Å²) in [5, 5.41) is 11.4. The van der Waals surface area contributed by atoms with Crippen molar-refractivity contribution in [3.8, 4) is 11.1 Å². The molecule has 1 amide bonds. The zero-order valence-electron chi connectivity index (χ0n) is 17.3. The normalized spacial score (nSPS) is 11.4. The number of carbonyl (C=O) groups excluding carboxylic acids is 1. The number of hydrogen-bond donors (Lipinski definition) is 3. The lowest BCUT2D eigenvalue weighted by molar-refractivity contribution is -0.131. The van der Waals surface area contributed by atoms with E-state index in [-0.39, 0.29) is 17.2 Å². The topological polar surface area (TPSA) is 127 Å². The zero-order valence-corrected chi connectivity index (χ0v) is 18.1. The van der Waals surface area contributed by atoms with E-state index in [0.29, 0.717) is 11.4 Å². The second kappa shape index (κ2) is 9.49. The maximum atomic E-state index is 12.4. The van der Waals surface area contributed by atoms with Gasteiger partial charge in [0.2, 0.25) is 5.91 Å². The van der Waals surface area contributed by atoms with E-state index in [2.05, 4.69) is 5.32 Å². The van der Waals surface area contributed by atoms with Gasteiger partial charge >= 0.3 is 5.97 Å². The fourth-order valence-corrected chi connectivity index (χ4v) is 3.68. The largest absolute Gasteiger partial charge is 0.478 e. The van der Waals surface area contributed by atoms with Crippen LogP contribution in [0.25, 0.3) is 17.2 Å².